The minimum Gasteiger partial charge on any atom is -0.387 e. The van der Waals surface area contributed by atoms with Gasteiger partial charge in [-0.25, -0.2) is 9.97 Å². The summed E-state index contributed by atoms with van der Waals surface area (Å²) in [6, 6.07) is 17.1. The Bertz CT molecular complexity index is 1740. The first-order chi connectivity index (χ1) is 18.4. The van der Waals surface area contributed by atoms with E-state index >= 15 is 0 Å². The number of nitriles is 1. The van der Waals surface area contributed by atoms with Crippen molar-refractivity contribution >= 4 is 33.8 Å². The van der Waals surface area contributed by atoms with Crippen molar-refractivity contribution in [1.82, 2.24) is 9.97 Å². The first-order valence-electron chi connectivity index (χ1n) is 11.9. The van der Waals surface area contributed by atoms with Crippen molar-refractivity contribution in [2.24, 2.45) is 0 Å². The molecular weight excluding hydrogens is 499 g/mol. The Hall–Kier alpha value is -4.53. The molecule has 7 heteroatoms. The van der Waals surface area contributed by atoms with Crippen molar-refractivity contribution in [3.8, 4) is 6.07 Å². The predicted octanol–water partition coefficient (Wildman–Crippen LogP) is 6.67. The van der Waals surface area contributed by atoms with Crippen LogP contribution in [0, 0.1) is 17.3 Å². The molecule has 0 fully saturated rings. The molecule has 1 aliphatic rings. The topological polar surface area (TPSA) is 81.8 Å². The second kappa shape index (κ2) is 10.1. The number of rotatable bonds is 7. The van der Waals surface area contributed by atoms with Crippen LogP contribution in [0.5, 0.6) is 0 Å². The third-order valence-corrected chi connectivity index (χ3v) is 6.64. The number of aliphatic hydroxyl groups is 1. The SMILES string of the molecule is CC=CC(=CC1=C=C1)c1c(C#N)nc2ccc(C(O)(c3ccc(F)nc3)c3cccc(Cl)c3)cc2c1NC. The van der Waals surface area contributed by atoms with Crippen molar-refractivity contribution in [2.75, 3.05) is 12.4 Å². The quantitative estimate of drug-likeness (QED) is 0.161. The third-order valence-electron chi connectivity index (χ3n) is 6.40. The monoisotopic (exact) mass is 520 g/mol. The Labute approximate surface area is 224 Å². The van der Waals surface area contributed by atoms with Crippen LogP contribution in [0.4, 0.5) is 10.1 Å². The van der Waals surface area contributed by atoms with Gasteiger partial charge in [-0.2, -0.15) is 9.65 Å². The molecule has 0 bridgehead atoms. The summed E-state index contributed by atoms with van der Waals surface area (Å²) < 4.78 is 13.7. The van der Waals surface area contributed by atoms with Crippen LogP contribution in [0.2, 0.25) is 5.02 Å². The van der Waals surface area contributed by atoms with E-state index in [1.54, 1.807) is 43.4 Å². The third kappa shape index (κ3) is 4.51. The lowest BCUT2D eigenvalue weighted by Gasteiger charge is -2.30. The smallest absolute Gasteiger partial charge is 0.212 e. The van der Waals surface area contributed by atoms with Crippen LogP contribution in [0.1, 0.15) is 34.9 Å². The van der Waals surface area contributed by atoms with E-state index in [9.17, 15) is 14.8 Å². The summed E-state index contributed by atoms with van der Waals surface area (Å²) >= 11 is 6.30. The average molecular weight is 521 g/mol. The van der Waals surface area contributed by atoms with Crippen molar-refractivity contribution < 1.29 is 9.50 Å². The number of nitrogens with zero attached hydrogens (tertiary/aromatic N) is 3. The number of fused-ring (bicyclic) bond motifs is 1. The molecule has 1 aliphatic carbocycles. The fraction of sp³-hybridized carbons (Fsp3) is 0.0968. The van der Waals surface area contributed by atoms with Crippen molar-refractivity contribution in [2.45, 2.75) is 12.5 Å². The fourth-order valence-electron chi connectivity index (χ4n) is 4.59. The van der Waals surface area contributed by atoms with Crippen molar-refractivity contribution in [3.05, 3.63) is 135 Å². The van der Waals surface area contributed by atoms with Crippen LogP contribution in [0.3, 0.4) is 0 Å². The molecule has 2 heterocycles. The molecule has 38 heavy (non-hydrogen) atoms. The van der Waals surface area contributed by atoms with Gasteiger partial charge in [0, 0.05) is 40.4 Å². The van der Waals surface area contributed by atoms with E-state index in [2.05, 4.69) is 27.1 Å². The number of hydrogen-bond donors (Lipinski definition) is 2. The molecule has 1 unspecified atom stereocenters. The molecule has 0 aliphatic heterocycles. The summed E-state index contributed by atoms with van der Waals surface area (Å²) in [4.78, 5) is 8.43. The van der Waals surface area contributed by atoms with E-state index in [-0.39, 0.29) is 5.69 Å². The molecule has 2 N–H and O–H groups in total. The maximum Gasteiger partial charge on any atom is 0.212 e. The molecular formula is C31H22ClFN4O. The number of anilines is 1. The highest BCUT2D eigenvalue weighted by molar-refractivity contribution is 6.30. The molecule has 2 aromatic heterocycles. The molecule has 5 rings (SSSR count). The highest BCUT2D eigenvalue weighted by atomic mass is 35.5. The lowest BCUT2D eigenvalue weighted by Crippen LogP contribution is -2.29. The van der Waals surface area contributed by atoms with Crippen LogP contribution in [-0.2, 0) is 5.60 Å². The zero-order chi connectivity index (χ0) is 26.9. The first-order valence-corrected chi connectivity index (χ1v) is 12.2. The van der Waals surface area contributed by atoms with E-state index < -0.39 is 11.5 Å². The molecule has 0 saturated heterocycles. The minimum atomic E-state index is -1.70. The van der Waals surface area contributed by atoms with E-state index in [4.69, 9.17) is 11.6 Å². The van der Waals surface area contributed by atoms with Crippen LogP contribution >= 0.6 is 11.6 Å². The van der Waals surface area contributed by atoms with Gasteiger partial charge in [0.05, 0.1) is 11.2 Å². The molecule has 0 saturated carbocycles. The number of allylic oxidation sites excluding steroid dienone is 5. The van der Waals surface area contributed by atoms with Crippen molar-refractivity contribution in [3.63, 3.8) is 0 Å². The lowest BCUT2D eigenvalue weighted by molar-refractivity contribution is 0.125. The summed E-state index contributed by atoms with van der Waals surface area (Å²) in [5.74, 6) is -0.653. The predicted molar refractivity (Wildman–Crippen MR) is 148 cm³/mol. The largest absolute Gasteiger partial charge is 0.387 e. The van der Waals surface area contributed by atoms with Gasteiger partial charge >= 0.3 is 0 Å². The zero-order valence-corrected chi connectivity index (χ0v) is 21.4. The van der Waals surface area contributed by atoms with E-state index in [1.165, 1.54) is 18.3 Å². The van der Waals surface area contributed by atoms with Crippen LogP contribution in [0.15, 0.2) is 96.4 Å². The minimum absolute atomic E-state index is 0.271. The molecule has 4 aromatic rings. The van der Waals surface area contributed by atoms with Gasteiger partial charge in [0.1, 0.15) is 11.7 Å². The maximum atomic E-state index is 13.7. The number of hydrogen-bond acceptors (Lipinski definition) is 5. The Morgan fingerprint density at radius 2 is 1.92 bits per heavy atom. The van der Waals surface area contributed by atoms with Crippen LogP contribution < -0.4 is 5.32 Å². The number of nitrogens with one attached hydrogen (secondary N) is 1. The summed E-state index contributed by atoms with van der Waals surface area (Å²) in [5.41, 5.74) is 6.63. The van der Waals surface area contributed by atoms with Gasteiger partial charge in [-0.15, -0.1) is 5.73 Å². The lowest BCUT2D eigenvalue weighted by atomic mass is 9.80. The van der Waals surface area contributed by atoms with Crippen molar-refractivity contribution in [1.29, 1.82) is 5.26 Å². The van der Waals surface area contributed by atoms with Gasteiger partial charge in [0.15, 0.2) is 5.69 Å². The summed E-state index contributed by atoms with van der Waals surface area (Å²) in [5, 5.41) is 26.7. The van der Waals surface area contributed by atoms with Gasteiger partial charge < -0.3 is 10.4 Å². The van der Waals surface area contributed by atoms with Crippen LogP contribution in [-0.4, -0.2) is 22.1 Å². The first kappa shape index (κ1) is 25.1. The zero-order valence-electron chi connectivity index (χ0n) is 20.6. The van der Waals surface area contributed by atoms with E-state index in [1.807, 2.05) is 37.3 Å². The highest BCUT2D eigenvalue weighted by Crippen LogP contribution is 2.41. The second-order valence-electron chi connectivity index (χ2n) is 8.74. The van der Waals surface area contributed by atoms with E-state index in [0.29, 0.717) is 43.9 Å². The van der Waals surface area contributed by atoms with E-state index in [0.717, 1.165) is 11.1 Å². The molecule has 0 radical (unpaired) electrons. The average Bonchev–Trinajstić information content (AvgIpc) is 3.75. The number of benzene rings is 2. The molecule has 0 amide bonds. The number of halogens is 2. The maximum absolute atomic E-state index is 13.7. The highest BCUT2D eigenvalue weighted by Gasteiger charge is 2.35. The normalized spacial score (nSPS) is 14.3. The Morgan fingerprint density at radius 1 is 1.16 bits per heavy atom. The standard InChI is InChI=1S/C31H22ClFN4O/c1-3-5-20(14-19-8-9-19)29-27(17-34)37-26-12-10-22(16-25(26)30(29)35-2)31(38,21-6-4-7-24(32)15-21)23-11-13-28(33)36-18-23/h3-8,10-16,18,38H,1-2H3,(H,35,37). The second-order valence-corrected chi connectivity index (χ2v) is 9.17. The van der Waals surface area contributed by atoms with Gasteiger partial charge in [-0.3, -0.25) is 0 Å². The molecule has 5 nitrogen and oxygen atoms in total. The summed E-state index contributed by atoms with van der Waals surface area (Å²) in [6.07, 6.45) is 8.94. The van der Waals surface area contributed by atoms with Gasteiger partial charge in [-0.1, -0.05) is 42.0 Å². The molecule has 1 atom stereocenters. The fourth-order valence-corrected chi connectivity index (χ4v) is 4.78. The van der Waals surface area contributed by atoms with Gasteiger partial charge in [0.25, 0.3) is 0 Å². The van der Waals surface area contributed by atoms with Gasteiger partial charge in [0.2, 0.25) is 5.95 Å². The summed E-state index contributed by atoms with van der Waals surface area (Å²) in [7, 11) is 1.78. The summed E-state index contributed by atoms with van der Waals surface area (Å²) in [6.45, 7) is 1.90. The number of pyridine rings is 2. The van der Waals surface area contributed by atoms with Crippen LogP contribution in [0.25, 0.3) is 16.5 Å². The Morgan fingerprint density at radius 3 is 2.55 bits per heavy atom. The molecule has 2 aromatic carbocycles. The molecule has 0 spiro atoms. The Balaban J connectivity index is 1.81. The molecule has 186 valence electrons. The Kier molecular flexibility index (Phi) is 6.67. The van der Waals surface area contributed by atoms with Gasteiger partial charge in [-0.05, 0) is 72.2 Å². The number of aromatic nitrogens is 2.